The Morgan fingerprint density at radius 1 is 1.26 bits per heavy atom. The Hall–Kier alpha value is -0.940. The third-order valence-corrected chi connectivity index (χ3v) is 5.50. The lowest BCUT2D eigenvalue weighted by Crippen LogP contribution is -2.41. The number of rotatable bonds is 4. The van der Waals surface area contributed by atoms with E-state index < -0.39 is 9.84 Å². The van der Waals surface area contributed by atoms with Gasteiger partial charge in [0.1, 0.15) is 5.82 Å². The van der Waals surface area contributed by atoms with Crippen LogP contribution in [0.15, 0.2) is 24.3 Å². The zero-order valence-corrected chi connectivity index (χ0v) is 12.1. The van der Waals surface area contributed by atoms with E-state index in [1.54, 1.807) is 12.1 Å². The van der Waals surface area contributed by atoms with Gasteiger partial charge in [-0.25, -0.2) is 12.8 Å². The Labute approximate surface area is 114 Å². The lowest BCUT2D eigenvalue weighted by Gasteiger charge is -2.24. The second-order valence-electron chi connectivity index (χ2n) is 5.35. The average Bonchev–Trinajstić information content (AvgIpc) is 2.77. The van der Waals surface area contributed by atoms with Gasteiger partial charge in [0.2, 0.25) is 0 Å². The molecule has 5 heteroatoms. The van der Waals surface area contributed by atoms with Gasteiger partial charge >= 0.3 is 0 Å². The fraction of sp³-hybridized carbons (Fsp3) is 0.571. The van der Waals surface area contributed by atoms with Crippen molar-refractivity contribution in [2.24, 2.45) is 0 Å². The van der Waals surface area contributed by atoms with Crippen LogP contribution in [-0.2, 0) is 9.84 Å². The van der Waals surface area contributed by atoms with E-state index >= 15 is 0 Å². The number of halogens is 1. The molecule has 2 rings (SSSR count). The molecule has 0 spiro atoms. The summed E-state index contributed by atoms with van der Waals surface area (Å²) < 4.78 is 36.3. The highest BCUT2D eigenvalue weighted by molar-refractivity contribution is 7.91. The van der Waals surface area contributed by atoms with Crippen LogP contribution in [0.4, 0.5) is 4.39 Å². The summed E-state index contributed by atoms with van der Waals surface area (Å²) in [6.45, 7) is 1.98. The van der Waals surface area contributed by atoms with E-state index in [4.69, 9.17) is 0 Å². The lowest BCUT2D eigenvalue weighted by molar-refractivity contribution is 0.455. The van der Waals surface area contributed by atoms with Gasteiger partial charge in [-0.3, -0.25) is 0 Å². The Morgan fingerprint density at radius 2 is 1.89 bits per heavy atom. The molecule has 0 bridgehead atoms. The van der Waals surface area contributed by atoms with Crippen molar-refractivity contribution >= 4 is 9.84 Å². The number of benzene rings is 1. The predicted octanol–water partition coefficient (Wildman–Crippen LogP) is 2.44. The standard InChI is InChI=1S/C14H20FNO2S/c1-10(11-6-8-12(15)9-7-11)16-13-4-3-5-14(13)19(2,17)18/h6-10,13-14,16H,3-5H2,1-2H3/t10-,13?,14?/m1/s1. The molecule has 19 heavy (non-hydrogen) atoms. The predicted molar refractivity (Wildman–Crippen MR) is 74.2 cm³/mol. The highest BCUT2D eigenvalue weighted by Crippen LogP contribution is 2.27. The van der Waals surface area contributed by atoms with Gasteiger partial charge in [-0.05, 0) is 37.5 Å². The molecule has 1 saturated carbocycles. The van der Waals surface area contributed by atoms with Crippen LogP contribution in [0, 0.1) is 5.82 Å². The van der Waals surface area contributed by atoms with Crippen LogP contribution in [0.1, 0.15) is 37.8 Å². The zero-order chi connectivity index (χ0) is 14.0. The summed E-state index contributed by atoms with van der Waals surface area (Å²) >= 11 is 0. The van der Waals surface area contributed by atoms with Gasteiger partial charge in [0.15, 0.2) is 9.84 Å². The van der Waals surface area contributed by atoms with Gasteiger partial charge in [-0.2, -0.15) is 0 Å². The van der Waals surface area contributed by atoms with Gasteiger partial charge in [-0.1, -0.05) is 18.6 Å². The summed E-state index contributed by atoms with van der Waals surface area (Å²) in [5.41, 5.74) is 0.973. The third kappa shape index (κ3) is 3.54. The molecule has 1 fully saturated rings. The number of hydrogen-bond donors (Lipinski definition) is 1. The fourth-order valence-corrected chi connectivity index (χ4v) is 4.20. The molecule has 0 radical (unpaired) electrons. The zero-order valence-electron chi connectivity index (χ0n) is 11.3. The molecular formula is C14H20FNO2S. The van der Waals surface area contributed by atoms with E-state index in [9.17, 15) is 12.8 Å². The Bertz CT molecular complexity index is 527. The molecule has 1 aliphatic carbocycles. The summed E-state index contributed by atoms with van der Waals surface area (Å²) in [6, 6.07) is 6.34. The van der Waals surface area contributed by atoms with Crippen molar-refractivity contribution in [1.29, 1.82) is 0 Å². The average molecular weight is 285 g/mol. The quantitative estimate of drug-likeness (QED) is 0.924. The lowest BCUT2D eigenvalue weighted by atomic mass is 10.1. The first-order valence-electron chi connectivity index (χ1n) is 6.58. The van der Waals surface area contributed by atoms with Gasteiger partial charge in [0.05, 0.1) is 5.25 Å². The fourth-order valence-electron chi connectivity index (χ4n) is 2.80. The van der Waals surface area contributed by atoms with Crippen molar-refractivity contribution in [1.82, 2.24) is 5.32 Å². The third-order valence-electron chi connectivity index (χ3n) is 3.84. The van der Waals surface area contributed by atoms with Crippen molar-refractivity contribution in [2.45, 2.75) is 43.5 Å². The second kappa shape index (κ2) is 5.59. The van der Waals surface area contributed by atoms with Crippen LogP contribution in [0.2, 0.25) is 0 Å². The molecule has 0 amide bonds. The second-order valence-corrected chi connectivity index (χ2v) is 7.61. The molecule has 0 aromatic heterocycles. The molecule has 1 N–H and O–H groups in total. The molecule has 2 unspecified atom stereocenters. The minimum absolute atomic E-state index is 0.00458. The van der Waals surface area contributed by atoms with Gasteiger partial charge < -0.3 is 5.32 Å². The molecule has 1 aromatic carbocycles. The summed E-state index contributed by atoms with van der Waals surface area (Å²) in [6.07, 6.45) is 3.85. The molecular weight excluding hydrogens is 265 g/mol. The molecule has 3 nitrogen and oxygen atoms in total. The first-order chi connectivity index (χ1) is 8.88. The van der Waals surface area contributed by atoms with E-state index in [0.717, 1.165) is 24.8 Å². The van der Waals surface area contributed by atoms with Crippen LogP contribution in [0.5, 0.6) is 0 Å². The maximum Gasteiger partial charge on any atom is 0.151 e. The number of sulfone groups is 1. The van der Waals surface area contributed by atoms with Gasteiger partial charge in [-0.15, -0.1) is 0 Å². The van der Waals surface area contributed by atoms with Crippen molar-refractivity contribution in [3.63, 3.8) is 0 Å². The van der Waals surface area contributed by atoms with Gasteiger partial charge in [0.25, 0.3) is 0 Å². The van der Waals surface area contributed by atoms with Crippen LogP contribution in [-0.4, -0.2) is 26.0 Å². The maximum absolute atomic E-state index is 12.9. The van der Waals surface area contributed by atoms with E-state index in [2.05, 4.69) is 5.32 Å². The topological polar surface area (TPSA) is 46.2 Å². The highest BCUT2D eigenvalue weighted by atomic mass is 32.2. The summed E-state index contributed by atoms with van der Waals surface area (Å²) in [7, 11) is -3.01. The van der Waals surface area contributed by atoms with Crippen LogP contribution in [0.3, 0.4) is 0 Å². The van der Waals surface area contributed by atoms with Crippen LogP contribution >= 0.6 is 0 Å². The van der Waals surface area contributed by atoms with Crippen molar-refractivity contribution in [3.05, 3.63) is 35.6 Å². The summed E-state index contributed by atoms with van der Waals surface area (Å²) in [4.78, 5) is 0. The van der Waals surface area contributed by atoms with Crippen molar-refractivity contribution in [3.8, 4) is 0 Å². The van der Waals surface area contributed by atoms with E-state index in [0.29, 0.717) is 0 Å². The molecule has 1 aliphatic rings. The number of hydrogen-bond acceptors (Lipinski definition) is 3. The van der Waals surface area contributed by atoms with Crippen LogP contribution in [0.25, 0.3) is 0 Å². The first-order valence-corrected chi connectivity index (χ1v) is 8.54. The Kier molecular flexibility index (Phi) is 4.26. The van der Waals surface area contributed by atoms with Crippen molar-refractivity contribution in [2.75, 3.05) is 6.26 Å². The smallest absolute Gasteiger partial charge is 0.151 e. The minimum Gasteiger partial charge on any atom is -0.306 e. The molecule has 106 valence electrons. The van der Waals surface area contributed by atoms with E-state index in [1.165, 1.54) is 18.4 Å². The monoisotopic (exact) mass is 285 g/mol. The summed E-state index contributed by atoms with van der Waals surface area (Å²) in [5, 5.41) is 3.07. The Balaban J connectivity index is 2.06. The number of nitrogens with one attached hydrogen (secondary N) is 1. The van der Waals surface area contributed by atoms with Crippen molar-refractivity contribution < 1.29 is 12.8 Å². The van der Waals surface area contributed by atoms with Gasteiger partial charge in [0, 0.05) is 18.3 Å². The molecule has 0 heterocycles. The minimum atomic E-state index is -3.01. The summed E-state index contributed by atoms with van der Waals surface area (Å²) in [5.74, 6) is -0.258. The molecule has 1 aromatic rings. The normalized spacial score (nSPS) is 25.4. The SMILES string of the molecule is C[C@@H](NC1CCCC1S(C)(=O)=O)c1ccc(F)cc1. The molecule has 0 saturated heterocycles. The molecule has 3 atom stereocenters. The maximum atomic E-state index is 12.9. The van der Waals surface area contributed by atoms with E-state index in [1.807, 2.05) is 6.92 Å². The molecule has 0 aliphatic heterocycles. The largest absolute Gasteiger partial charge is 0.306 e. The van der Waals surface area contributed by atoms with E-state index in [-0.39, 0.29) is 23.2 Å². The first kappa shape index (κ1) is 14.5. The Morgan fingerprint density at radius 3 is 2.47 bits per heavy atom. The highest BCUT2D eigenvalue weighted by Gasteiger charge is 2.35. The van der Waals surface area contributed by atoms with Crippen LogP contribution < -0.4 is 5.32 Å².